The van der Waals surface area contributed by atoms with E-state index < -0.39 is 10.0 Å². The Bertz CT molecular complexity index is 1390. The van der Waals surface area contributed by atoms with Crippen LogP contribution in [0.15, 0.2) is 36.5 Å². The molecule has 0 aliphatic carbocycles. The number of aromatic nitrogens is 4. The molecule has 1 fully saturated rings. The highest BCUT2D eigenvalue weighted by Gasteiger charge is 2.24. The van der Waals surface area contributed by atoms with E-state index in [1.54, 1.807) is 24.4 Å². The standard InChI is InChI=1S/C22H25N9O4S/c1-14-12-23-22(27-21(14)24-15-3-4-17-16(11-15)25-20(32)13-35-17)26-18-5-6-19(29-28-18)30-7-9-31(10-8-30)36(2,33)34/h3-6,11-12H,7-10,13H2,1-2H3,(H,25,32)(H2,23,24,26,27,28). The molecule has 13 nitrogen and oxygen atoms in total. The number of carbonyl (C=O) groups is 1. The van der Waals surface area contributed by atoms with Crippen molar-refractivity contribution in [1.29, 1.82) is 0 Å². The smallest absolute Gasteiger partial charge is 0.262 e. The molecule has 0 unspecified atom stereocenters. The molecule has 1 saturated heterocycles. The number of piperazine rings is 1. The van der Waals surface area contributed by atoms with Gasteiger partial charge in [0, 0.05) is 43.6 Å². The van der Waals surface area contributed by atoms with Crippen molar-refractivity contribution in [3.63, 3.8) is 0 Å². The van der Waals surface area contributed by atoms with Crippen molar-refractivity contribution in [1.82, 2.24) is 24.5 Å². The molecule has 188 valence electrons. The summed E-state index contributed by atoms with van der Waals surface area (Å²) in [5.74, 6) is 2.47. The first-order chi connectivity index (χ1) is 17.2. The summed E-state index contributed by atoms with van der Waals surface area (Å²) in [4.78, 5) is 22.5. The average Bonchev–Trinajstić information content (AvgIpc) is 2.86. The summed E-state index contributed by atoms with van der Waals surface area (Å²) in [6.07, 6.45) is 2.90. The topological polar surface area (TPSA) is 155 Å². The molecular formula is C22H25N9O4S. The van der Waals surface area contributed by atoms with Gasteiger partial charge in [-0.2, -0.15) is 9.29 Å². The number of aryl methyl sites for hydroxylation is 1. The maximum atomic E-state index is 11.7. The van der Waals surface area contributed by atoms with Crippen molar-refractivity contribution in [3.8, 4) is 5.75 Å². The van der Waals surface area contributed by atoms with Crippen LogP contribution in [0.2, 0.25) is 0 Å². The lowest BCUT2D eigenvalue weighted by Gasteiger charge is -2.33. The van der Waals surface area contributed by atoms with Crippen LogP contribution in [-0.4, -0.2) is 77.8 Å². The first kappa shape index (κ1) is 23.7. The lowest BCUT2D eigenvalue weighted by Crippen LogP contribution is -2.48. The molecule has 36 heavy (non-hydrogen) atoms. The minimum absolute atomic E-state index is 0.00349. The van der Waals surface area contributed by atoms with Crippen LogP contribution in [0.1, 0.15) is 5.56 Å². The summed E-state index contributed by atoms with van der Waals surface area (Å²) in [6.45, 7) is 3.80. The molecular weight excluding hydrogens is 486 g/mol. The quantitative estimate of drug-likeness (QED) is 0.441. The maximum absolute atomic E-state index is 11.7. The largest absolute Gasteiger partial charge is 0.482 e. The molecule has 0 spiro atoms. The average molecular weight is 512 g/mol. The van der Waals surface area contributed by atoms with Gasteiger partial charge < -0.3 is 25.6 Å². The van der Waals surface area contributed by atoms with Crippen molar-refractivity contribution >= 4 is 50.7 Å². The van der Waals surface area contributed by atoms with E-state index in [1.165, 1.54) is 10.6 Å². The molecule has 2 aromatic heterocycles. The molecule has 0 radical (unpaired) electrons. The van der Waals surface area contributed by atoms with E-state index in [4.69, 9.17) is 4.74 Å². The van der Waals surface area contributed by atoms with Crippen molar-refractivity contribution in [2.75, 3.05) is 59.9 Å². The number of sulfonamides is 1. The van der Waals surface area contributed by atoms with Crippen molar-refractivity contribution in [3.05, 3.63) is 42.1 Å². The lowest BCUT2D eigenvalue weighted by molar-refractivity contribution is -0.118. The molecule has 5 rings (SSSR count). The molecule has 1 aromatic carbocycles. The maximum Gasteiger partial charge on any atom is 0.262 e. The lowest BCUT2D eigenvalue weighted by atomic mass is 10.2. The monoisotopic (exact) mass is 511 g/mol. The number of nitrogens with zero attached hydrogens (tertiary/aromatic N) is 6. The van der Waals surface area contributed by atoms with E-state index >= 15 is 0 Å². The molecule has 0 atom stereocenters. The van der Waals surface area contributed by atoms with Crippen LogP contribution in [0.5, 0.6) is 5.75 Å². The summed E-state index contributed by atoms with van der Waals surface area (Å²) in [5.41, 5.74) is 2.15. The molecule has 1 amide bonds. The third kappa shape index (κ3) is 5.28. The van der Waals surface area contributed by atoms with Crippen LogP contribution in [-0.2, 0) is 14.8 Å². The molecule has 3 aromatic rings. The van der Waals surface area contributed by atoms with Gasteiger partial charge in [-0.05, 0) is 37.3 Å². The highest BCUT2D eigenvalue weighted by Crippen LogP contribution is 2.32. The summed E-state index contributed by atoms with van der Waals surface area (Å²) in [6, 6.07) is 8.99. The van der Waals surface area contributed by atoms with Gasteiger partial charge in [0.25, 0.3) is 5.91 Å². The van der Waals surface area contributed by atoms with Gasteiger partial charge in [0.1, 0.15) is 11.6 Å². The zero-order valence-electron chi connectivity index (χ0n) is 19.7. The van der Waals surface area contributed by atoms with Gasteiger partial charge in [-0.1, -0.05) is 0 Å². The van der Waals surface area contributed by atoms with Gasteiger partial charge in [-0.15, -0.1) is 10.2 Å². The van der Waals surface area contributed by atoms with E-state index in [9.17, 15) is 13.2 Å². The van der Waals surface area contributed by atoms with E-state index in [1.807, 2.05) is 24.0 Å². The number of carbonyl (C=O) groups excluding carboxylic acids is 1. The van der Waals surface area contributed by atoms with Crippen molar-refractivity contribution in [2.24, 2.45) is 0 Å². The van der Waals surface area contributed by atoms with E-state index in [-0.39, 0.29) is 12.5 Å². The summed E-state index contributed by atoms with van der Waals surface area (Å²) in [5, 5.41) is 17.6. The fraction of sp³-hybridized carbons (Fsp3) is 0.318. The Morgan fingerprint density at radius 1 is 1.06 bits per heavy atom. The van der Waals surface area contributed by atoms with Gasteiger partial charge >= 0.3 is 0 Å². The number of amides is 1. The number of ether oxygens (including phenoxy) is 1. The molecule has 2 aliphatic heterocycles. The molecule has 14 heteroatoms. The Hall–Kier alpha value is -4.04. The summed E-state index contributed by atoms with van der Waals surface area (Å²) >= 11 is 0. The molecule has 0 bridgehead atoms. The van der Waals surface area contributed by atoms with Gasteiger partial charge in [-0.25, -0.2) is 13.4 Å². The molecule has 0 saturated carbocycles. The van der Waals surface area contributed by atoms with Crippen molar-refractivity contribution < 1.29 is 17.9 Å². The number of benzene rings is 1. The first-order valence-electron chi connectivity index (χ1n) is 11.2. The number of rotatable bonds is 6. The van der Waals surface area contributed by atoms with Gasteiger partial charge in [0.05, 0.1) is 11.9 Å². The van der Waals surface area contributed by atoms with E-state index in [0.29, 0.717) is 61.0 Å². The van der Waals surface area contributed by atoms with Crippen LogP contribution < -0.4 is 25.6 Å². The second-order valence-corrected chi connectivity index (χ2v) is 10.4. The van der Waals surface area contributed by atoms with Crippen LogP contribution >= 0.6 is 0 Å². The highest BCUT2D eigenvalue weighted by atomic mass is 32.2. The second-order valence-electron chi connectivity index (χ2n) is 8.45. The van der Waals surface area contributed by atoms with Gasteiger partial charge in [0.15, 0.2) is 18.2 Å². The zero-order chi connectivity index (χ0) is 25.3. The van der Waals surface area contributed by atoms with Crippen LogP contribution in [0.25, 0.3) is 0 Å². The molecule has 3 N–H and O–H groups in total. The Morgan fingerprint density at radius 3 is 2.58 bits per heavy atom. The normalized spacial score (nSPS) is 16.1. The summed E-state index contributed by atoms with van der Waals surface area (Å²) < 4.78 is 30.3. The van der Waals surface area contributed by atoms with Gasteiger partial charge in [0.2, 0.25) is 16.0 Å². The Labute approximate surface area is 208 Å². The fourth-order valence-corrected chi connectivity index (χ4v) is 4.68. The number of fused-ring (bicyclic) bond motifs is 1. The highest BCUT2D eigenvalue weighted by molar-refractivity contribution is 7.88. The van der Waals surface area contributed by atoms with E-state index in [0.717, 1.165) is 11.3 Å². The SMILES string of the molecule is Cc1cnc(Nc2ccc(N3CCN(S(C)(=O)=O)CC3)nn2)nc1Nc1ccc2c(c1)NC(=O)CO2. The van der Waals surface area contributed by atoms with Crippen molar-refractivity contribution in [2.45, 2.75) is 6.92 Å². The predicted octanol–water partition coefficient (Wildman–Crippen LogP) is 1.47. The van der Waals surface area contributed by atoms with Gasteiger partial charge in [-0.3, -0.25) is 4.79 Å². The van der Waals surface area contributed by atoms with Crippen LogP contribution in [0.3, 0.4) is 0 Å². The first-order valence-corrected chi connectivity index (χ1v) is 13.1. The van der Waals surface area contributed by atoms with E-state index in [2.05, 4.69) is 36.1 Å². The minimum Gasteiger partial charge on any atom is -0.482 e. The Morgan fingerprint density at radius 2 is 1.86 bits per heavy atom. The number of hydrogen-bond donors (Lipinski definition) is 3. The Balaban J connectivity index is 1.25. The Kier molecular flexibility index (Phi) is 6.28. The number of hydrogen-bond acceptors (Lipinski definition) is 11. The van der Waals surface area contributed by atoms with Crippen LogP contribution in [0.4, 0.5) is 34.8 Å². The summed E-state index contributed by atoms with van der Waals surface area (Å²) in [7, 11) is -3.19. The zero-order valence-corrected chi connectivity index (χ0v) is 20.5. The molecule has 2 aliphatic rings. The number of nitrogens with one attached hydrogen (secondary N) is 3. The third-order valence-corrected chi connectivity index (χ3v) is 7.07. The van der Waals surface area contributed by atoms with Crippen LogP contribution in [0, 0.1) is 6.92 Å². The predicted molar refractivity (Wildman–Crippen MR) is 135 cm³/mol. The minimum atomic E-state index is -3.19. The second kappa shape index (κ2) is 9.54. The number of anilines is 6. The fourth-order valence-electron chi connectivity index (χ4n) is 3.85. The molecule has 4 heterocycles. The third-order valence-electron chi connectivity index (χ3n) is 5.77.